The third-order valence-corrected chi connectivity index (χ3v) is 16.3. The number of nitrogens with two attached hydrogens (primary N) is 1. The Hall–Kier alpha value is -3.59. The predicted octanol–water partition coefficient (Wildman–Crippen LogP) is 23.9. The van der Waals surface area contributed by atoms with Crippen LogP contribution in [0.1, 0.15) is 322 Å². The van der Waals surface area contributed by atoms with Gasteiger partial charge in [-0.15, -0.1) is 0 Å². The molecule has 0 rings (SSSR count). The van der Waals surface area contributed by atoms with Crippen LogP contribution in [0, 0.1) is 0 Å². The maximum absolute atomic E-state index is 12.8. The number of carbonyl (C=O) groups is 2. The molecular weight excluding hydrogens is 1100 g/mol. The minimum atomic E-state index is -4.40. The summed E-state index contributed by atoms with van der Waals surface area (Å²) in [5.41, 5.74) is 5.41. The van der Waals surface area contributed by atoms with E-state index in [1.54, 1.807) is 0 Å². The Kier molecular flexibility index (Phi) is 68.5. The van der Waals surface area contributed by atoms with Crippen molar-refractivity contribution in [3.8, 4) is 0 Å². The van der Waals surface area contributed by atoms with Crippen LogP contribution >= 0.6 is 7.82 Å². The van der Waals surface area contributed by atoms with E-state index in [4.69, 9.17) is 24.3 Å². The van der Waals surface area contributed by atoms with E-state index < -0.39 is 26.5 Å². The van der Waals surface area contributed by atoms with E-state index >= 15 is 0 Å². The first-order valence-corrected chi connectivity index (χ1v) is 37.5. The molecule has 87 heavy (non-hydrogen) atoms. The molecule has 0 saturated heterocycles. The summed E-state index contributed by atoms with van der Waals surface area (Å²) in [5.74, 6) is -0.818. The summed E-state index contributed by atoms with van der Waals surface area (Å²) in [6.07, 6.45) is 100. The molecule has 3 N–H and O–H groups in total. The quantitative estimate of drug-likeness (QED) is 0.0264. The van der Waals surface area contributed by atoms with Gasteiger partial charge in [0.05, 0.1) is 13.2 Å². The summed E-state index contributed by atoms with van der Waals surface area (Å²) in [5, 5.41) is 0. The summed E-state index contributed by atoms with van der Waals surface area (Å²) < 4.78 is 33.2. The Morgan fingerprint density at radius 1 is 0.345 bits per heavy atom. The van der Waals surface area contributed by atoms with Gasteiger partial charge in [0.2, 0.25) is 0 Å². The predicted molar refractivity (Wildman–Crippen MR) is 376 cm³/mol. The van der Waals surface area contributed by atoms with Crippen LogP contribution in [-0.4, -0.2) is 49.3 Å². The van der Waals surface area contributed by atoms with Crippen LogP contribution in [0.15, 0.2) is 122 Å². The van der Waals surface area contributed by atoms with Crippen molar-refractivity contribution in [2.45, 2.75) is 328 Å². The summed E-state index contributed by atoms with van der Waals surface area (Å²) >= 11 is 0. The van der Waals surface area contributed by atoms with E-state index in [0.29, 0.717) is 6.42 Å². The van der Waals surface area contributed by atoms with Crippen LogP contribution in [0.3, 0.4) is 0 Å². The normalized spacial score (nSPS) is 13.7. The second kappa shape index (κ2) is 71.5. The molecule has 0 aliphatic heterocycles. The first-order chi connectivity index (χ1) is 42.8. The highest BCUT2D eigenvalue weighted by atomic mass is 31.2. The third-order valence-electron chi connectivity index (χ3n) is 15.3. The van der Waals surface area contributed by atoms with Gasteiger partial charge >= 0.3 is 19.8 Å². The molecule has 0 bridgehead atoms. The number of phosphoric ester groups is 1. The van der Waals surface area contributed by atoms with Gasteiger partial charge in [-0.05, 0) is 103 Å². The molecule has 0 amide bonds. The number of allylic oxidation sites excluding steroid dienone is 20. The number of ether oxygens (including phenoxy) is 2. The van der Waals surface area contributed by atoms with E-state index in [1.165, 1.54) is 186 Å². The molecule has 0 saturated carbocycles. The second-order valence-electron chi connectivity index (χ2n) is 23.7. The van der Waals surface area contributed by atoms with Gasteiger partial charge in [-0.2, -0.15) is 0 Å². The first kappa shape index (κ1) is 83.4. The minimum absolute atomic E-state index is 0.0510. The van der Waals surface area contributed by atoms with Crippen molar-refractivity contribution in [1.82, 2.24) is 0 Å². The topological polar surface area (TPSA) is 134 Å². The summed E-state index contributed by atoms with van der Waals surface area (Å²) in [6.45, 7) is 3.55. The minimum Gasteiger partial charge on any atom is -0.462 e. The van der Waals surface area contributed by atoms with Crippen LogP contribution < -0.4 is 5.73 Å². The monoisotopic (exact) mass is 1230 g/mol. The number of hydrogen-bond acceptors (Lipinski definition) is 8. The number of unbranched alkanes of at least 4 members (excludes halogenated alkanes) is 34. The molecule has 0 fully saturated rings. The van der Waals surface area contributed by atoms with Gasteiger partial charge < -0.3 is 20.1 Å². The molecule has 2 unspecified atom stereocenters. The van der Waals surface area contributed by atoms with Crippen molar-refractivity contribution in [3.63, 3.8) is 0 Å². The fourth-order valence-corrected chi connectivity index (χ4v) is 10.9. The fraction of sp³-hybridized carbons (Fsp3) is 0.714. The van der Waals surface area contributed by atoms with Crippen LogP contribution in [0.5, 0.6) is 0 Å². The van der Waals surface area contributed by atoms with Crippen molar-refractivity contribution in [1.29, 1.82) is 0 Å². The molecule has 0 spiro atoms. The number of rotatable bonds is 67. The highest BCUT2D eigenvalue weighted by Gasteiger charge is 2.26. The van der Waals surface area contributed by atoms with Crippen LogP contribution in [0.2, 0.25) is 0 Å². The van der Waals surface area contributed by atoms with Crippen molar-refractivity contribution in [3.05, 3.63) is 122 Å². The van der Waals surface area contributed by atoms with E-state index in [1.807, 2.05) is 0 Å². The lowest BCUT2D eigenvalue weighted by Gasteiger charge is -2.19. The zero-order valence-electron chi connectivity index (χ0n) is 56.2. The van der Waals surface area contributed by atoms with Crippen molar-refractivity contribution < 1.29 is 37.6 Å². The lowest BCUT2D eigenvalue weighted by Crippen LogP contribution is -2.29. The van der Waals surface area contributed by atoms with Crippen molar-refractivity contribution in [2.24, 2.45) is 5.73 Å². The molecule has 0 aliphatic rings. The fourth-order valence-electron chi connectivity index (χ4n) is 10.1. The molecule has 0 aromatic heterocycles. The van der Waals surface area contributed by atoms with Crippen LogP contribution in [0.25, 0.3) is 0 Å². The Labute approximate surface area is 536 Å². The number of esters is 2. The van der Waals surface area contributed by atoms with Gasteiger partial charge in [0.25, 0.3) is 0 Å². The molecular formula is C77H134NO8P. The maximum atomic E-state index is 12.8. The van der Waals surface area contributed by atoms with Gasteiger partial charge in [-0.3, -0.25) is 18.6 Å². The molecule has 500 valence electrons. The first-order valence-electron chi connectivity index (χ1n) is 36.0. The molecule has 0 aromatic rings. The number of phosphoric acid groups is 1. The van der Waals surface area contributed by atoms with Crippen LogP contribution in [-0.2, 0) is 32.7 Å². The molecule has 0 heterocycles. The Bertz CT molecular complexity index is 1840. The zero-order valence-corrected chi connectivity index (χ0v) is 57.1. The van der Waals surface area contributed by atoms with Gasteiger partial charge in [0, 0.05) is 19.4 Å². The molecule has 0 aromatic carbocycles. The Morgan fingerprint density at radius 3 is 0.885 bits per heavy atom. The molecule has 2 atom stereocenters. The lowest BCUT2D eigenvalue weighted by molar-refractivity contribution is -0.161. The molecule has 0 radical (unpaired) electrons. The lowest BCUT2D eigenvalue weighted by atomic mass is 10.0. The van der Waals surface area contributed by atoms with E-state index in [2.05, 4.69) is 135 Å². The van der Waals surface area contributed by atoms with Crippen molar-refractivity contribution in [2.75, 3.05) is 26.4 Å². The smallest absolute Gasteiger partial charge is 0.462 e. The van der Waals surface area contributed by atoms with Gasteiger partial charge in [-0.1, -0.05) is 328 Å². The Balaban J connectivity index is 3.85. The SMILES string of the molecule is CC/C=C\C/C=C\C/C=C\C/C=C\C/C=C\C/C=C\CCCCCCCCCCCCCCCCCCCCC(=O)OC(COC(=O)CCCCCCCCCCCCCCCCCC/C=C\C/C=C\C/C=C\C/C=C\CC)COP(=O)(O)OCCN. The highest BCUT2D eigenvalue weighted by Crippen LogP contribution is 2.43. The summed E-state index contributed by atoms with van der Waals surface area (Å²) in [4.78, 5) is 35.4. The average molecular weight is 1230 g/mol. The second-order valence-corrected chi connectivity index (χ2v) is 25.1. The maximum Gasteiger partial charge on any atom is 0.472 e. The van der Waals surface area contributed by atoms with Crippen molar-refractivity contribution >= 4 is 19.8 Å². The van der Waals surface area contributed by atoms with E-state index in [9.17, 15) is 19.0 Å². The Morgan fingerprint density at radius 2 is 0.598 bits per heavy atom. The highest BCUT2D eigenvalue weighted by molar-refractivity contribution is 7.47. The van der Waals surface area contributed by atoms with Crippen LogP contribution in [0.4, 0.5) is 0 Å². The standard InChI is InChI=1S/C77H134NO8P/c1-3-5-7-9-11-13-15-17-19-21-23-25-27-29-31-33-34-35-36-37-38-39-40-42-44-46-48-50-52-54-56-58-60-62-64-66-68-70-77(80)86-75(74-85-87(81,82)84-72-71-78)73-83-76(79)69-67-65-63-61-59-57-55-53-51-49-47-45-43-41-32-30-28-26-24-22-20-18-16-14-12-10-8-6-4-2/h5-8,11-14,17-20,23-26,29,31,34-35,75H,3-4,9-10,15-16,21-22,27-28,30,32-33,36-74,78H2,1-2H3,(H,81,82)/b7-5-,8-6-,13-11-,14-12-,19-17-,20-18-,25-23-,26-24-,31-29-,35-34-. The summed E-state index contributed by atoms with van der Waals surface area (Å²) in [7, 11) is -4.40. The average Bonchev–Trinajstić information content (AvgIpc) is 3.65. The van der Waals surface area contributed by atoms with Gasteiger partial charge in [0.15, 0.2) is 6.10 Å². The van der Waals surface area contributed by atoms with Gasteiger partial charge in [0.1, 0.15) is 6.61 Å². The molecule has 9 nitrogen and oxygen atoms in total. The van der Waals surface area contributed by atoms with E-state index in [0.717, 1.165) is 103 Å². The summed E-state index contributed by atoms with van der Waals surface area (Å²) in [6, 6.07) is 0. The zero-order chi connectivity index (χ0) is 63.0. The third kappa shape index (κ3) is 71.4. The largest absolute Gasteiger partial charge is 0.472 e. The molecule has 0 aliphatic carbocycles. The van der Waals surface area contributed by atoms with E-state index in [-0.39, 0.29) is 38.6 Å². The number of hydrogen-bond donors (Lipinski definition) is 2. The van der Waals surface area contributed by atoms with Gasteiger partial charge in [-0.25, -0.2) is 4.57 Å². The molecule has 10 heteroatoms. The number of carbonyl (C=O) groups excluding carboxylic acids is 2.